The molecule has 0 heterocycles. The van der Waals surface area contributed by atoms with E-state index in [9.17, 15) is 14.7 Å². The Labute approximate surface area is 185 Å². The van der Waals surface area contributed by atoms with E-state index in [4.69, 9.17) is 14.7 Å². The smallest absolute Gasteiger partial charge is 0.412 e. The molecular weight excluding hydrogens is 420 g/mol. The van der Waals surface area contributed by atoms with E-state index in [2.05, 4.69) is 5.32 Å². The molecule has 0 unspecified atom stereocenters. The fourth-order valence-electron chi connectivity index (χ4n) is 2.84. The first-order valence-corrected chi connectivity index (χ1v) is 10.7. The minimum absolute atomic E-state index is 0.0905. The maximum atomic E-state index is 12.6. The monoisotopic (exact) mass is 446 g/mol. The van der Waals surface area contributed by atoms with Gasteiger partial charge in [-0.1, -0.05) is 18.2 Å². The molecule has 9 heteroatoms. The third-order valence-corrected chi connectivity index (χ3v) is 5.17. The summed E-state index contributed by atoms with van der Waals surface area (Å²) in [5.74, 6) is -0.542. The Bertz CT molecular complexity index is 871. The molecule has 2 amide bonds. The number of phenolic OH excluding ortho intramolecular Hbond substituents is 1. The Morgan fingerprint density at radius 3 is 2.39 bits per heavy atom. The van der Waals surface area contributed by atoms with Crippen molar-refractivity contribution in [2.75, 3.05) is 18.7 Å². The molecule has 8 nitrogen and oxygen atoms in total. The highest BCUT2D eigenvalue weighted by Gasteiger charge is 2.27. The van der Waals surface area contributed by atoms with Gasteiger partial charge in [0.15, 0.2) is 6.10 Å². The summed E-state index contributed by atoms with van der Waals surface area (Å²) >= 11 is 1.60. The van der Waals surface area contributed by atoms with Crippen LogP contribution in [0.5, 0.6) is 5.75 Å². The fraction of sp³-hybridized carbons (Fsp3) is 0.273. The van der Waals surface area contributed by atoms with Crippen molar-refractivity contribution in [1.29, 1.82) is 0 Å². The second-order valence-corrected chi connectivity index (χ2v) is 7.38. The SMILES string of the molecule is CO[C@H](CC/C=C/C(=O)NO)[C@H](OC(=O)Nc1ccc(SC)cc1)c1ccc(O)cc1. The van der Waals surface area contributed by atoms with Crippen LogP contribution in [0.4, 0.5) is 10.5 Å². The van der Waals surface area contributed by atoms with Gasteiger partial charge in [0.05, 0.1) is 6.10 Å². The molecule has 0 bridgehead atoms. The molecule has 2 rings (SSSR count). The lowest BCUT2D eigenvalue weighted by atomic mass is 10.00. The highest BCUT2D eigenvalue weighted by atomic mass is 32.2. The van der Waals surface area contributed by atoms with Crippen molar-refractivity contribution in [3.8, 4) is 5.75 Å². The van der Waals surface area contributed by atoms with Gasteiger partial charge in [0.25, 0.3) is 5.91 Å². The van der Waals surface area contributed by atoms with Gasteiger partial charge >= 0.3 is 6.09 Å². The van der Waals surface area contributed by atoms with Crippen LogP contribution >= 0.6 is 11.8 Å². The molecule has 0 aliphatic heterocycles. The lowest BCUT2D eigenvalue weighted by Gasteiger charge is -2.26. The average Bonchev–Trinajstić information content (AvgIpc) is 2.79. The standard InChI is InChI=1S/C22H26N2O6S/c1-29-19(5-3-4-6-20(26)24-28)21(15-7-11-17(25)12-8-15)30-22(27)23-16-9-13-18(31-2)14-10-16/h4,6-14,19,21,25,28H,3,5H2,1-2H3,(H,23,27)(H,24,26)/b6-4+/t19-,21-/m1/s1. The largest absolute Gasteiger partial charge is 0.508 e. The predicted octanol–water partition coefficient (Wildman–Crippen LogP) is 4.26. The van der Waals surface area contributed by atoms with Crippen molar-refractivity contribution in [1.82, 2.24) is 5.48 Å². The van der Waals surface area contributed by atoms with Gasteiger partial charge in [0.2, 0.25) is 0 Å². The van der Waals surface area contributed by atoms with Crippen LogP contribution in [0.2, 0.25) is 0 Å². The second kappa shape index (κ2) is 12.6. The zero-order valence-electron chi connectivity index (χ0n) is 17.3. The third-order valence-electron chi connectivity index (χ3n) is 4.43. The molecule has 0 aliphatic carbocycles. The maximum Gasteiger partial charge on any atom is 0.412 e. The van der Waals surface area contributed by atoms with Gasteiger partial charge in [0, 0.05) is 23.8 Å². The number of nitrogens with one attached hydrogen (secondary N) is 2. The lowest BCUT2D eigenvalue weighted by Crippen LogP contribution is -2.28. The first-order chi connectivity index (χ1) is 15.0. The minimum atomic E-state index is -0.754. The molecule has 0 radical (unpaired) electrons. The van der Waals surface area contributed by atoms with Crippen molar-refractivity contribution < 1.29 is 29.4 Å². The highest BCUT2D eigenvalue weighted by Crippen LogP contribution is 2.28. The van der Waals surface area contributed by atoms with Crippen LogP contribution in [0.3, 0.4) is 0 Å². The Hall–Kier alpha value is -3.01. The number of allylic oxidation sites excluding steroid dienone is 1. The summed E-state index contributed by atoms with van der Waals surface area (Å²) in [6, 6.07) is 13.7. The lowest BCUT2D eigenvalue weighted by molar-refractivity contribution is -0.124. The molecule has 0 aromatic heterocycles. The van der Waals surface area contributed by atoms with Crippen molar-refractivity contribution >= 4 is 29.4 Å². The zero-order valence-corrected chi connectivity index (χ0v) is 18.1. The van der Waals surface area contributed by atoms with Gasteiger partial charge in [-0.15, -0.1) is 11.8 Å². The van der Waals surface area contributed by atoms with Gasteiger partial charge in [-0.3, -0.25) is 15.3 Å². The summed E-state index contributed by atoms with van der Waals surface area (Å²) in [4.78, 5) is 24.7. The average molecular weight is 447 g/mol. The van der Waals surface area contributed by atoms with Gasteiger partial charge in [-0.2, -0.15) is 0 Å². The molecule has 0 saturated carbocycles. The van der Waals surface area contributed by atoms with Gasteiger partial charge < -0.3 is 14.6 Å². The van der Waals surface area contributed by atoms with Crippen LogP contribution in [-0.4, -0.2) is 41.8 Å². The number of carbonyl (C=O) groups is 2. The molecular formula is C22H26N2O6S. The first-order valence-electron chi connectivity index (χ1n) is 9.50. The Morgan fingerprint density at radius 2 is 1.81 bits per heavy atom. The number of phenols is 1. The maximum absolute atomic E-state index is 12.6. The van der Waals surface area contributed by atoms with Crippen LogP contribution in [0.25, 0.3) is 0 Å². The number of thioether (sulfide) groups is 1. The van der Waals surface area contributed by atoms with Crippen LogP contribution < -0.4 is 10.8 Å². The summed E-state index contributed by atoms with van der Waals surface area (Å²) in [6.45, 7) is 0. The summed E-state index contributed by atoms with van der Waals surface area (Å²) in [7, 11) is 1.50. The first kappa shape index (κ1) is 24.3. The van der Waals surface area contributed by atoms with Crippen LogP contribution in [-0.2, 0) is 14.3 Å². The molecule has 0 spiro atoms. The number of hydrogen-bond donors (Lipinski definition) is 4. The van der Waals surface area contributed by atoms with Crippen molar-refractivity contribution in [2.24, 2.45) is 0 Å². The van der Waals surface area contributed by atoms with E-state index in [-0.39, 0.29) is 5.75 Å². The Balaban J connectivity index is 2.12. The number of carbonyl (C=O) groups excluding carboxylic acids is 2. The topological polar surface area (TPSA) is 117 Å². The quantitative estimate of drug-likeness (QED) is 0.186. The molecule has 0 aliphatic rings. The third kappa shape index (κ3) is 7.97. The van der Waals surface area contributed by atoms with E-state index >= 15 is 0 Å². The molecule has 166 valence electrons. The molecule has 2 aromatic rings. The summed E-state index contributed by atoms with van der Waals surface area (Å²) in [5, 5.41) is 20.8. The molecule has 4 N–H and O–H groups in total. The Kier molecular flexibility index (Phi) is 9.89. The number of hydrogen-bond acceptors (Lipinski definition) is 7. The highest BCUT2D eigenvalue weighted by molar-refractivity contribution is 7.98. The van der Waals surface area contributed by atoms with Crippen LogP contribution in [0, 0.1) is 0 Å². The van der Waals surface area contributed by atoms with E-state index in [1.807, 2.05) is 18.4 Å². The predicted molar refractivity (Wildman–Crippen MR) is 118 cm³/mol. The Morgan fingerprint density at radius 1 is 1.13 bits per heavy atom. The van der Waals surface area contributed by atoms with Crippen molar-refractivity contribution in [3.63, 3.8) is 0 Å². The van der Waals surface area contributed by atoms with Crippen molar-refractivity contribution in [2.45, 2.75) is 29.9 Å². The molecule has 2 atom stereocenters. The van der Waals surface area contributed by atoms with Gasteiger partial charge in [-0.25, -0.2) is 10.3 Å². The van der Waals surface area contributed by atoms with Crippen molar-refractivity contribution in [3.05, 3.63) is 66.2 Å². The zero-order chi connectivity index (χ0) is 22.6. The van der Waals surface area contributed by atoms with E-state index in [1.54, 1.807) is 42.1 Å². The number of aromatic hydroxyl groups is 1. The fourth-order valence-corrected chi connectivity index (χ4v) is 3.25. The van der Waals surface area contributed by atoms with E-state index in [1.165, 1.54) is 30.8 Å². The number of amides is 2. The normalized spacial score (nSPS) is 12.9. The summed E-state index contributed by atoms with van der Waals surface area (Å²) in [5.41, 5.74) is 2.76. The van der Waals surface area contributed by atoms with E-state index < -0.39 is 24.2 Å². The van der Waals surface area contributed by atoms with E-state index in [0.717, 1.165) is 4.90 Å². The second-order valence-electron chi connectivity index (χ2n) is 6.50. The number of rotatable bonds is 10. The molecule has 31 heavy (non-hydrogen) atoms. The number of ether oxygens (including phenoxy) is 2. The minimum Gasteiger partial charge on any atom is -0.508 e. The van der Waals surface area contributed by atoms with Gasteiger partial charge in [0.1, 0.15) is 5.75 Å². The van der Waals surface area contributed by atoms with Gasteiger partial charge in [-0.05, 0) is 61.1 Å². The van der Waals surface area contributed by atoms with E-state index in [0.29, 0.717) is 24.1 Å². The number of anilines is 1. The van der Waals surface area contributed by atoms with Crippen LogP contribution in [0.15, 0.2) is 65.6 Å². The number of methoxy groups -OCH3 is 1. The number of hydroxylamine groups is 1. The molecule has 2 aromatic carbocycles. The summed E-state index contributed by atoms with van der Waals surface area (Å²) in [6.07, 6.45) is 3.72. The summed E-state index contributed by atoms with van der Waals surface area (Å²) < 4.78 is 11.2. The van der Waals surface area contributed by atoms with Crippen LogP contribution in [0.1, 0.15) is 24.5 Å². The number of benzene rings is 2. The molecule has 0 fully saturated rings. The molecule has 0 saturated heterocycles.